The van der Waals surface area contributed by atoms with Gasteiger partial charge in [-0.3, -0.25) is 9.59 Å². The van der Waals surface area contributed by atoms with Gasteiger partial charge in [0.25, 0.3) is 0 Å². The minimum absolute atomic E-state index is 0.132. The van der Waals surface area contributed by atoms with Crippen LogP contribution in [0.25, 0.3) is 0 Å². The molecule has 3 aromatic rings. The molecule has 0 saturated carbocycles. The second-order valence-electron chi connectivity index (χ2n) is 8.56. The van der Waals surface area contributed by atoms with Crippen LogP contribution in [-0.2, 0) is 16.0 Å². The van der Waals surface area contributed by atoms with Gasteiger partial charge in [-0.25, -0.2) is 4.90 Å². The monoisotopic (exact) mass is 447 g/mol. The molecule has 5 heteroatoms. The van der Waals surface area contributed by atoms with E-state index in [2.05, 4.69) is 37.3 Å². The van der Waals surface area contributed by atoms with E-state index in [0.29, 0.717) is 15.7 Å². The van der Waals surface area contributed by atoms with Crippen molar-refractivity contribution in [3.05, 3.63) is 98.5 Å². The maximum absolute atomic E-state index is 13.8. The summed E-state index contributed by atoms with van der Waals surface area (Å²) in [6.07, 6.45) is 0.928. The van der Waals surface area contributed by atoms with Crippen molar-refractivity contribution in [3.63, 3.8) is 0 Å². The Morgan fingerprint density at radius 1 is 0.774 bits per heavy atom. The minimum atomic E-state index is -0.429. The second-order valence-corrected chi connectivity index (χ2v) is 9.40. The van der Waals surface area contributed by atoms with Crippen molar-refractivity contribution >= 4 is 40.7 Å². The summed E-state index contributed by atoms with van der Waals surface area (Å²) < 4.78 is 0. The van der Waals surface area contributed by atoms with Gasteiger partial charge in [-0.1, -0.05) is 72.6 Å². The van der Waals surface area contributed by atoms with Crippen LogP contribution in [0.2, 0.25) is 10.0 Å². The zero-order valence-corrected chi connectivity index (χ0v) is 18.3. The van der Waals surface area contributed by atoms with Crippen LogP contribution in [0, 0.1) is 11.8 Å². The Morgan fingerprint density at radius 2 is 1.39 bits per heavy atom. The van der Waals surface area contributed by atoms with Crippen LogP contribution in [-0.4, -0.2) is 11.8 Å². The van der Waals surface area contributed by atoms with Gasteiger partial charge in [0.15, 0.2) is 0 Å². The molecule has 1 aliphatic heterocycles. The van der Waals surface area contributed by atoms with Gasteiger partial charge in [-0.15, -0.1) is 0 Å². The van der Waals surface area contributed by atoms with E-state index in [1.807, 2.05) is 12.1 Å². The number of amides is 2. The molecule has 2 bridgehead atoms. The Balaban J connectivity index is 1.58. The Hall–Kier alpha value is -2.62. The molecule has 154 valence electrons. The predicted octanol–water partition coefficient (Wildman–Crippen LogP) is 5.95. The summed E-state index contributed by atoms with van der Waals surface area (Å²) in [7, 11) is 0. The van der Waals surface area contributed by atoms with E-state index in [1.165, 1.54) is 21.6 Å². The number of benzene rings is 3. The molecule has 1 fully saturated rings. The van der Waals surface area contributed by atoms with E-state index in [-0.39, 0.29) is 23.7 Å². The highest BCUT2D eigenvalue weighted by molar-refractivity contribution is 6.38. The maximum Gasteiger partial charge on any atom is 0.238 e. The molecular weight excluding hydrogens is 429 g/mol. The molecule has 0 spiro atoms. The number of nitrogens with zero attached hydrogens (tertiary/aromatic N) is 1. The fraction of sp³-hybridized carbons (Fsp3) is 0.231. The number of hydrogen-bond donors (Lipinski definition) is 0. The molecule has 3 aliphatic carbocycles. The predicted molar refractivity (Wildman–Crippen MR) is 122 cm³/mol. The van der Waals surface area contributed by atoms with Gasteiger partial charge >= 0.3 is 0 Å². The van der Waals surface area contributed by atoms with Gasteiger partial charge in [-0.05, 0) is 52.4 Å². The lowest BCUT2D eigenvalue weighted by Crippen LogP contribution is -2.41. The summed E-state index contributed by atoms with van der Waals surface area (Å²) in [4.78, 5) is 28.8. The van der Waals surface area contributed by atoms with Gasteiger partial charge in [0.05, 0.1) is 22.5 Å². The molecule has 3 nitrogen and oxygen atoms in total. The molecule has 7 rings (SSSR count). The smallest absolute Gasteiger partial charge is 0.238 e. The van der Waals surface area contributed by atoms with Crippen molar-refractivity contribution in [3.8, 4) is 0 Å². The Kier molecular flexibility index (Phi) is 4.12. The maximum atomic E-state index is 13.8. The van der Waals surface area contributed by atoms with Crippen molar-refractivity contribution in [1.82, 2.24) is 0 Å². The quantitative estimate of drug-likeness (QED) is 0.454. The zero-order chi connectivity index (χ0) is 21.4. The van der Waals surface area contributed by atoms with E-state index in [9.17, 15) is 9.59 Å². The van der Waals surface area contributed by atoms with Crippen LogP contribution in [0.15, 0.2) is 60.7 Å². The number of aryl methyl sites for hydroxylation is 1. The van der Waals surface area contributed by atoms with Crippen molar-refractivity contribution in [2.24, 2.45) is 11.8 Å². The number of carbonyl (C=O) groups is 2. The summed E-state index contributed by atoms with van der Waals surface area (Å²) in [5.41, 5.74) is 6.29. The summed E-state index contributed by atoms with van der Waals surface area (Å²) in [5, 5.41) is 0.789. The minimum Gasteiger partial charge on any atom is -0.274 e. The Labute approximate surface area is 190 Å². The lowest BCUT2D eigenvalue weighted by Gasteiger charge is -2.46. The lowest BCUT2D eigenvalue weighted by molar-refractivity contribution is -0.122. The molecule has 0 aromatic heterocycles. The number of rotatable bonds is 2. The molecule has 0 unspecified atom stereocenters. The largest absolute Gasteiger partial charge is 0.274 e. The van der Waals surface area contributed by atoms with Crippen molar-refractivity contribution < 1.29 is 9.59 Å². The van der Waals surface area contributed by atoms with Gasteiger partial charge in [0, 0.05) is 16.9 Å². The molecule has 0 N–H and O–H groups in total. The average Bonchev–Trinajstić information content (AvgIpc) is 3.05. The fourth-order valence-corrected chi connectivity index (χ4v) is 6.26. The topological polar surface area (TPSA) is 37.4 Å². The molecule has 4 atom stereocenters. The highest BCUT2D eigenvalue weighted by atomic mass is 35.5. The number of carbonyl (C=O) groups excluding carboxylic acids is 2. The normalized spacial score (nSPS) is 25.5. The third-order valence-electron chi connectivity index (χ3n) is 7.16. The SMILES string of the molecule is CCc1ccc2c(c1)[C@H]1c3ccccc3[C@H]2[C@@H]2C(=O)N(c3cc(Cl)ccc3Cl)C(=O)[C@H]12. The van der Waals surface area contributed by atoms with Crippen LogP contribution in [0.4, 0.5) is 5.69 Å². The van der Waals surface area contributed by atoms with Crippen LogP contribution in [0.1, 0.15) is 46.6 Å². The molecule has 2 amide bonds. The zero-order valence-electron chi connectivity index (χ0n) is 16.8. The number of imide groups is 1. The van der Waals surface area contributed by atoms with Crippen molar-refractivity contribution in [2.45, 2.75) is 25.2 Å². The van der Waals surface area contributed by atoms with Crippen LogP contribution in [0.3, 0.4) is 0 Å². The van der Waals surface area contributed by atoms with Gasteiger partial charge < -0.3 is 0 Å². The van der Waals surface area contributed by atoms with E-state index in [4.69, 9.17) is 23.2 Å². The molecule has 4 aliphatic rings. The Morgan fingerprint density at radius 3 is 2.03 bits per heavy atom. The highest BCUT2D eigenvalue weighted by Crippen LogP contribution is 2.61. The molecule has 3 aromatic carbocycles. The average molecular weight is 448 g/mol. The van der Waals surface area contributed by atoms with Gasteiger partial charge in [0.1, 0.15) is 0 Å². The number of hydrogen-bond acceptors (Lipinski definition) is 2. The number of anilines is 1. The first-order chi connectivity index (χ1) is 15.0. The summed E-state index contributed by atoms with van der Waals surface area (Å²) >= 11 is 12.6. The van der Waals surface area contributed by atoms with Gasteiger partial charge in [-0.2, -0.15) is 0 Å². The second kappa shape index (κ2) is 6.69. The standard InChI is InChI=1S/C26H19Cl2NO2/c1-2-13-7-9-17-18(11-13)22-16-6-4-3-5-15(16)21(17)23-24(22)26(31)29(25(23)30)20-12-14(27)8-10-19(20)28/h3-12,21-24H,2H2,1H3/t21-,22-,23+,24-/m1/s1. The molecule has 31 heavy (non-hydrogen) atoms. The van der Waals surface area contributed by atoms with E-state index in [1.54, 1.807) is 18.2 Å². The first kappa shape index (κ1) is 19.1. The Bertz CT molecular complexity index is 1280. The van der Waals surface area contributed by atoms with E-state index < -0.39 is 11.8 Å². The van der Waals surface area contributed by atoms with Crippen LogP contribution >= 0.6 is 23.2 Å². The van der Waals surface area contributed by atoms with Crippen LogP contribution in [0.5, 0.6) is 0 Å². The van der Waals surface area contributed by atoms with E-state index in [0.717, 1.165) is 17.5 Å². The van der Waals surface area contributed by atoms with Crippen molar-refractivity contribution in [2.75, 3.05) is 4.90 Å². The molecular formula is C26H19Cl2NO2. The van der Waals surface area contributed by atoms with E-state index >= 15 is 0 Å². The van der Waals surface area contributed by atoms with Crippen molar-refractivity contribution in [1.29, 1.82) is 0 Å². The third-order valence-corrected chi connectivity index (χ3v) is 7.72. The first-order valence-corrected chi connectivity index (χ1v) is 11.3. The highest BCUT2D eigenvalue weighted by Gasteiger charge is 2.62. The number of halogens is 2. The summed E-state index contributed by atoms with van der Waals surface area (Å²) in [5.74, 6) is -1.49. The van der Waals surface area contributed by atoms with Gasteiger partial charge in [0.2, 0.25) is 11.8 Å². The molecule has 1 heterocycles. The first-order valence-electron chi connectivity index (χ1n) is 10.6. The summed E-state index contributed by atoms with van der Waals surface area (Å²) in [6, 6.07) is 19.7. The summed E-state index contributed by atoms with van der Waals surface area (Å²) in [6.45, 7) is 2.13. The third kappa shape index (κ3) is 2.48. The fourth-order valence-electron chi connectivity index (χ4n) is 5.89. The lowest BCUT2D eigenvalue weighted by atomic mass is 9.55. The molecule has 1 saturated heterocycles. The molecule has 0 radical (unpaired) electrons. The van der Waals surface area contributed by atoms with Crippen LogP contribution < -0.4 is 4.90 Å².